The van der Waals surface area contributed by atoms with Crippen LogP contribution < -0.4 is 4.90 Å². The maximum Gasteiger partial charge on any atom is 0.329 e. The molecule has 0 aliphatic carbocycles. The molecule has 0 saturated carbocycles. The van der Waals surface area contributed by atoms with E-state index in [1.807, 2.05) is 43.3 Å². The van der Waals surface area contributed by atoms with E-state index in [-0.39, 0.29) is 6.04 Å². The number of anilines is 1. The van der Waals surface area contributed by atoms with Gasteiger partial charge in [0.05, 0.1) is 29.8 Å². The Morgan fingerprint density at radius 2 is 1.44 bits per heavy atom. The van der Waals surface area contributed by atoms with Crippen molar-refractivity contribution in [1.82, 2.24) is 14.9 Å². The molecule has 0 bridgehead atoms. The van der Waals surface area contributed by atoms with Gasteiger partial charge in [-0.2, -0.15) is 5.26 Å². The highest BCUT2D eigenvalue weighted by Gasteiger charge is 2.33. The van der Waals surface area contributed by atoms with E-state index < -0.39 is 11.9 Å². The van der Waals surface area contributed by atoms with Crippen LogP contribution >= 0.6 is 0 Å². The van der Waals surface area contributed by atoms with Crippen molar-refractivity contribution in [3.05, 3.63) is 102 Å². The van der Waals surface area contributed by atoms with Gasteiger partial charge in [0.2, 0.25) is 0 Å². The fourth-order valence-electron chi connectivity index (χ4n) is 5.13. The van der Waals surface area contributed by atoms with Crippen molar-refractivity contribution in [2.24, 2.45) is 0 Å². The number of rotatable bonds is 9. The van der Waals surface area contributed by atoms with E-state index in [0.717, 1.165) is 31.4 Å². The predicted octanol–water partition coefficient (Wildman–Crippen LogP) is 5.49. The van der Waals surface area contributed by atoms with Crippen LogP contribution in [0.3, 0.4) is 0 Å². The van der Waals surface area contributed by atoms with Crippen LogP contribution in [0.4, 0.5) is 5.82 Å². The zero-order valence-electron chi connectivity index (χ0n) is 22.2. The number of carbonyl (C=O) groups excluding carboxylic acids is 1. The standard InChI is InChI=1S/C32H33N5O2/c1-2-3-22-39-32(38)26(23-33)29-31(35-28-17-11-10-16-27(28)34-29)37-20-18-36(19-21-37)30(24-12-6-4-7-13-24)25-14-8-5-9-15-25/h4-17,26,30H,2-3,18-22H2,1H3/t26-/m0/s1. The zero-order valence-corrected chi connectivity index (χ0v) is 22.2. The number of fused-ring (bicyclic) bond motifs is 1. The number of piperazine rings is 1. The maximum atomic E-state index is 12.9. The smallest absolute Gasteiger partial charge is 0.329 e. The molecule has 0 N–H and O–H groups in total. The molecular formula is C32H33N5O2. The van der Waals surface area contributed by atoms with Gasteiger partial charge in [-0.15, -0.1) is 0 Å². The number of aromatic nitrogens is 2. The lowest BCUT2D eigenvalue weighted by Gasteiger charge is -2.40. The normalized spacial score (nSPS) is 14.7. The van der Waals surface area contributed by atoms with Crippen LogP contribution in [-0.2, 0) is 9.53 Å². The molecule has 1 aromatic heterocycles. The van der Waals surface area contributed by atoms with Crippen LogP contribution in [0.15, 0.2) is 84.9 Å². The first-order valence-electron chi connectivity index (χ1n) is 13.6. The fraction of sp³-hybridized carbons (Fsp3) is 0.312. The molecule has 0 spiro atoms. The number of hydrogen-bond acceptors (Lipinski definition) is 7. The van der Waals surface area contributed by atoms with Gasteiger partial charge in [-0.3, -0.25) is 9.69 Å². The molecule has 2 heterocycles. The Bertz CT molecular complexity index is 1390. The Hall–Kier alpha value is -4.28. The Morgan fingerprint density at radius 3 is 2.00 bits per heavy atom. The van der Waals surface area contributed by atoms with Crippen molar-refractivity contribution in [1.29, 1.82) is 5.26 Å². The molecular weight excluding hydrogens is 486 g/mol. The fourth-order valence-corrected chi connectivity index (χ4v) is 5.13. The van der Waals surface area contributed by atoms with Crippen LogP contribution in [0, 0.1) is 11.3 Å². The Kier molecular flexibility index (Phi) is 8.45. The van der Waals surface area contributed by atoms with Gasteiger partial charge >= 0.3 is 5.97 Å². The third-order valence-electron chi connectivity index (χ3n) is 7.17. The number of nitriles is 1. The van der Waals surface area contributed by atoms with E-state index in [1.54, 1.807) is 0 Å². The molecule has 7 heteroatoms. The molecule has 5 rings (SSSR count). The molecule has 1 fully saturated rings. The van der Waals surface area contributed by atoms with Crippen molar-refractivity contribution in [3.63, 3.8) is 0 Å². The van der Waals surface area contributed by atoms with E-state index in [0.29, 0.717) is 36.7 Å². The van der Waals surface area contributed by atoms with Crippen molar-refractivity contribution in [3.8, 4) is 6.07 Å². The first-order valence-corrected chi connectivity index (χ1v) is 13.6. The molecule has 0 radical (unpaired) electrons. The number of ether oxygens (including phenoxy) is 1. The van der Waals surface area contributed by atoms with Gasteiger partial charge in [0, 0.05) is 26.2 Å². The van der Waals surface area contributed by atoms with Gasteiger partial charge < -0.3 is 9.64 Å². The van der Waals surface area contributed by atoms with Crippen LogP contribution in [0.25, 0.3) is 11.0 Å². The number of para-hydroxylation sites is 2. The average Bonchev–Trinajstić information content (AvgIpc) is 2.99. The summed E-state index contributed by atoms with van der Waals surface area (Å²) in [6.07, 6.45) is 1.66. The summed E-state index contributed by atoms with van der Waals surface area (Å²) in [6, 6.07) is 31.0. The van der Waals surface area contributed by atoms with Crippen molar-refractivity contribution >= 4 is 22.8 Å². The molecule has 198 valence electrons. The Labute approximate surface area is 229 Å². The van der Waals surface area contributed by atoms with Crippen molar-refractivity contribution < 1.29 is 9.53 Å². The summed E-state index contributed by atoms with van der Waals surface area (Å²) in [7, 11) is 0. The van der Waals surface area contributed by atoms with Crippen molar-refractivity contribution in [2.45, 2.75) is 31.7 Å². The molecule has 1 saturated heterocycles. The minimum Gasteiger partial charge on any atom is -0.464 e. The highest BCUT2D eigenvalue weighted by molar-refractivity contribution is 5.85. The van der Waals surface area contributed by atoms with Gasteiger partial charge in [0.25, 0.3) is 0 Å². The average molecular weight is 520 g/mol. The summed E-state index contributed by atoms with van der Waals surface area (Å²) in [6.45, 7) is 5.30. The first kappa shape index (κ1) is 26.3. The van der Waals surface area contributed by atoms with Crippen LogP contribution in [0.1, 0.15) is 48.5 Å². The third-order valence-corrected chi connectivity index (χ3v) is 7.17. The summed E-state index contributed by atoms with van der Waals surface area (Å²) >= 11 is 0. The van der Waals surface area contributed by atoms with E-state index in [4.69, 9.17) is 14.7 Å². The van der Waals surface area contributed by atoms with Gasteiger partial charge in [-0.1, -0.05) is 86.1 Å². The van der Waals surface area contributed by atoms with Crippen LogP contribution in [-0.4, -0.2) is 53.6 Å². The molecule has 3 aromatic carbocycles. The van der Waals surface area contributed by atoms with E-state index in [1.165, 1.54) is 11.1 Å². The van der Waals surface area contributed by atoms with Gasteiger partial charge in [-0.25, -0.2) is 9.97 Å². The number of unbranched alkanes of at least 4 members (excludes halogenated alkanes) is 1. The van der Waals surface area contributed by atoms with Crippen molar-refractivity contribution in [2.75, 3.05) is 37.7 Å². The lowest BCUT2D eigenvalue weighted by molar-refractivity contribution is -0.144. The Morgan fingerprint density at radius 1 is 0.872 bits per heavy atom. The summed E-state index contributed by atoms with van der Waals surface area (Å²) in [5, 5.41) is 10.0. The number of benzene rings is 3. The molecule has 0 unspecified atom stereocenters. The quantitative estimate of drug-likeness (QED) is 0.214. The highest BCUT2D eigenvalue weighted by atomic mass is 16.5. The number of nitrogens with zero attached hydrogens (tertiary/aromatic N) is 5. The number of carbonyl (C=O) groups is 1. The summed E-state index contributed by atoms with van der Waals surface area (Å²) < 4.78 is 5.43. The monoisotopic (exact) mass is 519 g/mol. The Balaban J connectivity index is 1.43. The molecule has 4 aromatic rings. The van der Waals surface area contributed by atoms with E-state index in [9.17, 15) is 10.1 Å². The second kappa shape index (κ2) is 12.5. The zero-order chi connectivity index (χ0) is 27.0. The number of esters is 1. The predicted molar refractivity (Wildman–Crippen MR) is 152 cm³/mol. The topological polar surface area (TPSA) is 82.3 Å². The second-order valence-corrected chi connectivity index (χ2v) is 9.75. The second-order valence-electron chi connectivity index (χ2n) is 9.75. The number of hydrogen-bond donors (Lipinski definition) is 0. The first-order chi connectivity index (χ1) is 19.2. The van der Waals surface area contributed by atoms with Crippen LogP contribution in [0.5, 0.6) is 0 Å². The van der Waals surface area contributed by atoms with Gasteiger partial charge in [0.15, 0.2) is 11.7 Å². The largest absolute Gasteiger partial charge is 0.464 e. The molecule has 1 aliphatic rings. The third kappa shape index (κ3) is 5.92. The van der Waals surface area contributed by atoms with Gasteiger partial charge in [0.1, 0.15) is 5.69 Å². The molecule has 39 heavy (non-hydrogen) atoms. The molecule has 7 nitrogen and oxygen atoms in total. The molecule has 1 aliphatic heterocycles. The molecule has 1 atom stereocenters. The minimum absolute atomic E-state index is 0.136. The van der Waals surface area contributed by atoms with E-state index in [2.05, 4.69) is 64.4 Å². The lowest BCUT2D eigenvalue weighted by atomic mass is 9.96. The lowest BCUT2D eigenvalue weighted by Crippen LogP contribution is -2.48. The minimum atomic E-state index is -1.13. The summed E-state index contributed by atoms with van der Waals surface area (Å²) in [4.78, 5) is 27.3. The maximum absolute atomic E-state index is 12.9. The SMILES string of the molecule is CCCCOC(=O)[C@@H](C#N)c1nc2ccccc2nc1N1CCN(C(c2ccccc2)c2ccccc2)CC1. The highest BCUT2D eigenvalue weighted by Crippen LogP contribution is 2.32. The molecule has 0 amide bonds. The van der Waals surface area contributed by atoms with Gasteiger partial charge in [-0.05, 0) is 29.7 Å². The summed E-state index contributed by atoms with van der Waals surface area (Å²) in [5.74, 6) is -1.11. The van der Waals surface area contributed by atoms with Crippen LogP contribution in [0.2, 0.25) is 0 Å². The van der Waals surface area contributed by atoms with E-state index >= 15 is 0 Å². The summed E-state index contributed by atoms with van der Waals surface area (Å²) in [5.41, 5.74) is 4.27.